The van der Waals surface area contributed by atoms with Gasteiger partial charge in [-0.1, -0.05) is 206 Å². The van der Waals surface area contributed by atoms with Crippen LogP contribution in [0.2, 0.25) is 10.0 Å². The van der Waals surface area contributed by atoms with E-state index in [-0.39, 0.29) is 11.1 Å². The largest absolute Gasteiger partial charge is 0.493 e. The van der Waals surface area contributed by atoms with E-state index in [4.69, 9.17) is 50.2 Å². The van der Waals surface area contributed by atoms with Crippen molar-refractivity contribution in [3.05, 3.63) is 114 Å². The van der Waals surface area contributed by atoms with Crippen LogP contribution in [0.1, 0.15) is 227 Å². The summed E-state index contributed by atoms with van der Waals surface area (Å²) in [6.45, 7) is 23.4. The number of nitrogens with zero attached hydrogens (tertiary/aromatic N) is 4. The van der Waals surface area contributed by atoms with Crippen molar-refractivity contribution in [3.63, 3.8) is 0 Å². The topological polar surface area (TPSA) is 70.0 Å². The third-order valence-electron chi connectivity index (χ3n) is 20.5. The predicted octanol–water partition coefficient (Wildman–Crippen LogP) is 31.4. The lowest BCUT2D eigenvalue weighted by Gasteiger charge is -2.17. The Morgan fingerprint density at radius 2 is 0.765 bits per heavy atom. The summed E-state index contributed by atoms with van der Waals surface area (Å²) in [5.74, 6) is 1.75. The van der Waals surface area contributed by atoms with Gasteiger partial charge in [0.25, 0.3) is 0 Å². The molecule has 0 bridgehead atoms. The van der Waals surface area contributed by atoms with Crippen LogP contribution >= 0.6 is 115 Å². The summed E-state index contributed by atoms with van der Waals surface area (Å²) < 4.78 is 70.2. The maximum absolute atomic E-state index is 17.1. The second kappa shape index (κ2) is 36.3. The van der Waals surface area contributed by atoms with Crippen molar-refractivity contribution in [3.8, 4) is 84.6 Å². The molecule has 12 rings (SSSR count). The van der Waals surface area contributed by atoms with E-state index >= 15 is 8.78 Å². The lowest BCUT2D eigenvalue weighted by atomic mass is 9.92. The molecule has 4 aromatic carbocycles. The Balaban J connectivity index is 0.949. The summed E-state index contributed by atoms with van der Waals surface area (Å²) in [6.07, 6.45) is 30.3. The highest BCUT2D eigenvalue weighted by Gasteiger charge is 2.31. The zero-order valence-corrected chi connectivity index (χ0v) is 69.2. The summed E-state index contributed by atoms with van der Waals surface area (Å²) >= 11 is 27.7. The van der Waals surface area contributed by atoms with Crippen molar-refractivity contribution >= 4 is 157 Å². The predicted molar refractivity (Wildman–Crippen MR) is 448 cm³/mol. The molecule has 0 radical (unpaired) electrons. The van der Waals surface area contributed by atoms with Crippen LogP contribution in [0.4, 0.5) is 8.78 Å². The smallest absolute Gasteiger partial charge is 0.133 e. The first kappa shape index (κ1) is 76.9. The summed E-state index contributed by atoms with van der Waals surface area (Å²) in [4.78, 5) is 10.3. The number of benzene rings is 4. The Morgan fingerprint density at radius 3 is 1.27 bits per heavy atom. The highest BCUT2D eigenvalue weighted by molar-refractivity contribution is 7.25. The van der Waals surface area contributed by atoms with E-state index in [9.17, 15) is 0 Å². The summed E-state index contributed by atoms with van der Waals surface area (Å²) in [5.41, 5.74) is 11.7. The van der Waals surface area contributed by atoms with E-state index in [0.29, 0.717) is 34.8 Å². The molecule has 0 saturated heterocycles. The van der Waals surface area contributed by atoms with Crippen LogP contribution in [0.5, 0.6) is 11.5 Å². The first-order chi connectivity index (χ1) is 49.7. The van der Waals surface area contributed by atoms with Crippen LogP contribution in [0.3, 0.4) is 0 Å². The van der Waals surface area contributed by atoms with Gasteiger partial charge in [-0.2, -0.15) is 17.5 Å². The zero-order chi connectivity index (χ0) is 71.6. The first-order valence-corrected chi connectivity index (χ1v) is 44.9. The number of halogens is 4. The summed E-state index contributed by atoms with van der Waals surface area (Å²) in [7, 11) is 0. The van der Waals surface area contributed by atoms with Gasteiger partial charge in [-0.05, 0) is 126 Å². The molecule has 0 aliphatic heterocycles. The minimum Gasteiger partial charge on any atom is -0.493 e. The summed E-state index contributed by atoms with van der Waals surface area (Å²) in [5, 5.41) is 4.17. The van der Waals surface area contributed by atoms with E-state index in [0.717, 1.165) is 137 Å². The molecular formula is C84H98Cl2F2N4O2S8. The van der Waals surface area contributed by atoms with Gasteiger partial charge in [0.1, 0.15) is 45.2 Å². The van der Waals surface area contributed by atoms with E-state index in [1.807, 2.05) is 69.6 Å². The number of ether oxygens (including phenoxy) is 2. The number of aromatic nitrogens is 4. The van der Waals surface area contributed by atoms with Crippen molar-refractivity contribution in [1.29, 1.82) is 0 Å². The van der Waals surface area contributed by atoms with Gasteiger partial charge in [-0.15, -0.1) is 68.0 Å². The molecule has 8 heterocycles. The molecule has 0 saturated carbocycles. The zero-order valence-electron chi connectivity index (χ0n) is 61.1. The van der Waals surface area contributed by atoms with Gasteiger partial charge in [0.15, 0.2) is 0 Å². The minimum absolute atomic E-state index is 0.197. The Bertz CT molecular complexity index is 4670. The first-order valence-electron chi connectivity index (χ1n) is 37.8. The van der Waals surface area contributed by atoms with Crippen LogP contribution in [0.15, 0.2) is 60.7 Å². The van der Waals surface area contributed by atoms with Crippen LogP contribution in [0.25, 0.3) is 115 Å². The molecule has 0 fully saturated rings. The van der Waals surface area contributed by atoms with Gasteiger partial charge < -0.3 is 9.47 Å². The molecule has 6 nitrogen and oxygen atoms in total. The molecule has 0 N–H and O–H groups in total. The highest BCUT2D eigenvalue weighted by atomic mass is 35.5. The standard InChI is InChI=1S/C84H98Cl2F2N4O2S8/c1-11-17-23-25-27-29-39-93-81-50(8)72(78-77(52(81)10)89-101-90-78)65-37-35-63(96-65)55-44-62(88)56(45-61(55)87)64-36-38-66(97-64)76-80-79(91-102-92-80)73(51(9)82(76)94-40-30-28-26-24-18-12-2)69-46-58-75(71-48-60(86)68(99-71)43-54(33-21-15-5)34-22-16-6)83-57(41-49(7)95-83)74(84(58)100-69)70-47-59(85)67(98-70)42-53(31-19-13-3)32-20-14-4/h35-38,41,44-48,53-54H,11-34,39-40,42-43H2,1-10H3. The van der Waals surface area contributed by atoms with Crippen molar-refractivity contribution in [2.24, 2.45) is 11.8 Å². The molecule has 102 heavy (non-hydrogen) atoms. The molecule has 8 aromatic heterocycles. The number of rotatable bonds is 39. The van der Waals surface area contributed by atoms with Crippen LogP contribution < -0.4 is 9.47 Å². The van der Waals surface area contributed by atoms with Gasteiger partial charge in [-0.25, -0.2) is 8.78 Å². The maximum atomic E-state index is 17.1. The Hall–Kier alpha value is -4.72. The van der Waals surface area contributed by atoms with Gasteiger partial charge in [0, 0.05) is 119 Å². The van der Waals surface area contributed by atoms with Gasteiger partial charge in [0.2, 0.25) is 0 Å². The van der Waals surface area contributed by atoms with Crippen LogP contribution in [-0.4, -0.2) is 30.7 Å². The molecule has 12 aromatic rings. The fourth-order valence-corrected chi connectivity index (χ4v) is 24.0. The van der Waals surface area contributed by atoms with E-state index < -0.39 is 11.6 Å². The molecule has 0 amide bonds. The SMILES string of the molecule is CCCCCCCCOc1c(C)c(-c2ccc(-c3cc(F)c(-c4ccc(-c5c(OCCCCCCCC)c(C)c(-c6cc7c(-c8cc(Cl)c(CC(CCCC)CCCC)s8)c8sc(C)cc8c(-c8cc(Cl)c(CC(CCCC)CCCC)s8)c7s6)c6nsnc56)s4)cc3F)s2)c2nsnc2c1C. The molecule has 0 aliphatic carbocycles. The van der Waals surface area contributed by atoms with Gasteiger partial charge in [0.05, 0.1) is 52.3 Å². The number of hydrogen-bond acceptors (Lipinski definition) is 14. The monoisotopic (exact) mass is 1560 g/mol. The fraction of sp³-hybridized carbons (Fsp3) is 0.476. The molecule has 0 atom stereocenters. The normalized spacial score (nSPS) is 12.1. The Labute approximate surface area is 646 Å². The molecule has 542 valence electrons. The number of hydrogen-bond donors (Lipinski definition) is 0. The van der Waals surface area contributed by atoms with Crippen molar-refractivity contribution in [2.45, 2.75) is 236 Å². The average Bonchev–Trinajstić information content (AvgIpc) is 1.57. The van der Waals surface area contributed by atoms with Crippen molar-refractivity contribution < 1.29 is 18.3 Å². The van der Waals surface area contributed by atoms with E-state index in [2.05, 4.69) is 93.5 Å². The molecule has 18 heteroatoms. The second-order valence-corrected chi connectivity index (χ2v) is 36.8. The maximum Gasteiger partial charge on any atom is 0.133 e. The minimum atomic E-state index is -0.504. The third-order valence-corrected chi connectivity index (χ3v) is 29.3. The van der Waals surface area contributed by atoms with Crippen molar-refractivity contribution in [1.82, 2.24) is 17.5 Å². The number of aryl methyl sites for hydroxylation is 2. The molecule has 0 unspecified atom stereocenters. The highest BCUT2D eigenvalue weighted by Crippen LogP contribution is 2.57. The van der Waals surface area contributed by atoms with E-state index in [1.165, 1.54) is 236 Å². The Morgan fingerprint density at radius 1 is 0.373 bits per heavy atom. The Kier molecular flexibility index (Phi) is 27.3. The molecule has 0 aliphatic rings. The summed E-state index contributed by atoms with van der Waals surface area (Å²) in [6, 6.07) is 19.9. The molecule has 0 spiro atoms. The number of unbranched alkanes of at least 4 members (excludes halogenated alkanes) is 14. The van der Waals surface area contributed by atoms with Crippen LogP contribution in [-0.2, 0) is 12.8 Å². The fourth-order valence-electron chi connectivity index (χ4n) is 14.9. The molecular weight excluding hydrogens is 1460 g/mol. The third kappa shape index (κ3) is 17.0. The number of fused-ring (bicyclic) bond motifs is 4. The number of thiophene rings is 6. The quantitative estimate of drug-likeness (QED) is 0.0358. The lowest BCUT2D eigenvalue weighted by molar-refractivity contribution is 0.301. The van der Waals surface area contributed by atoms with Gasteiger partial charge in [-0.3, -0.25) is 0 Å². The van der Waals surface area contributed by atoms with E-state index in [1.54, 1.807) is 0 Å². The van der Waals surface area contributed by atoms with Gasteiger partial charge >= 0.3 is 0 Å². The second-order valence-electron chi connectivity index (χ2n) is 28.1. The van der Waals surface area contributed by atoms with Crippen molar-refractivity contribution in [2.75, 3.05) is 13.2 Å². The lowest BCUT2D eigenvalue weighted by Crippen LogP contribution is -2.04. The van der Waals surface area contributed by atoms with Crippen LogP contribution in [0, 0.1) is 51.2 Å². The average molecular weight is 1560 g/mol.